The van der Waals surface area contributed by atoms with Gasteiger partial charge in [-0.2, -0.15) is 0 Å². The number of benzene rings is 1. The van der Waals surface area contributed by atoms with Crippen LogP contribution in [0.4, 0.5) is 4.39 Å². The highest BCUT2D eigenvalue weighted by Crippen LogP contribution is 2.26. The molecule has 0 aliphatic carbocycles. The van der Waals surface area contributed by atoms with Gasteiger partial charge in [0.1, 0.15) is 5.82 Å². The van der Waals surface area contributed by atoms with Crippen LogP contribution in [0.25, 0.3) is 10.9 Å². The van der Waals surface area contributed by atoms with Gasteiger partial charge in [-0.3, -0.25) is 0 Å². The topological polar surface area (TPSA) is 25.2 Å². The van der Waals surface area contributed by atoms with E-state index >= 15 is 0 Å². The van der Waals surface area contributed by atoms with Crippen LogP contribution in [-0.2, 0) is 6.54 Å². The average Bonchev–Trinajstić information content (AvgIpc) is 2.49. The SMILES string of the molecule is OCCn1ccc2c(Br)cc(F)cc21. The van der Waals surface area contributed by atoms with Crippen molar-refractivity contribution in [3.05, 3.63) is 34.7 Å². The van der Waals surface area contributed by atoms with Crippen LogP contribution < -0.4 is 0 Å². The molecule has 1 aromatic heterocycles. The van der Waals surface area contributed by atoms with E-state index in [9.17, 15) is 4.39 Å². The zero-order chi connectivity index (χ0) is 10.1. The first-order valence-electron chi connectivity index (χ1n) is 4.27. The first-order valence-corrected chi connectivity index (χ1v) is 5.06. The van der Waals surface area contributed by atoms with Gasteiger partial charge in [0, 0.05) is 22.6 Å². The van der Waals surface area contributed by atoms with Crippen LogP contribution in [0.15, 0.2) is 28.9 Å². The lowest BCUT2D eigenvalue weighted by atomic mass is 10.2. The zero-order valence-electron chi connectivity index (χ0n) is 7.37. The quantitative estimate of drug-likeness (QED) is 0.879. The van der Waals surface area contributed by atoms with Gasteiger partial charge in [0.25, 0.3) is 0 Å². The molecule has 0 saturated heterocycles. The molecule has 0 spiro atoms. The van der Waals surface area contributed by atoms with Crippen LogP contribution in [0.1, 0.15) is 0 Å². The Hall–Kier alpha value is -0.870. The number of fused-ring (bicyclic) bond motifs is 1. The van der Waals surface area contributed by atoms with Gasteiger partial charge < -0.3 is 9.67 Å². The molecule has 1 heterocycles. The van der Waals surface area contributed by atoms with Crippen molar-refractivity contribution < 1.29 is 9.50 Å². The second-order valence-electron chi connectivity index (χ2n) is 3.05. The second kappa shape index (κ2) is 3.71. The smallest absolute Gasteiger partial charge is 0.126 e. The number of aliphatic hydroxyl groups excluding tert-OH is 1. The summed E-state index contributed by atoms with van der Waals surface area (Å²) in [5, 5.41) is 9.77. The van der Waals surface area contributed by atoms with Crippen LogP contribution in [0.3, 0.4) is 0 Å². The molecule has 2 rings (SSSR count). The summed E-state index contributed by atoms with van der Waals surface area (Å²) in [4.78, 5) is 0. The molecular formula is C10H9BrFNO. The number of rotatable bonds is 2. The Balaban J connectivity index is 2.66. The second-order valence-corrected chi connectivity index (χ2v) is 3.91. The van der Waals surface area contributed by atoms with E-state index in [-0.39, 0.29) is 12.4 Å². The number of hydrogen-bond acceptors (Lipinski definition) is 1. The van der Waals surface area contributed by atoms with E-state index in [1.54, 1.807) is 0 Å². The summed E-state index contributed by atoms with van der Waals surface area (Å²) in [5.41, 5.74) is 0.797. The van der Waals surface area contributed by atoms with Crippen molar-refractivity contribution in [3.8, 4) is 0 Å². The van der Waals surface area contributed by atoms with Gasteiger partial charge in [-0.25, -0.2) is 4.39 Å². The van der Waals surface area contributed by atoms with E-state index in [1.807, 2.05) is 16.8 Å². The molecule has 0 radical (unpaired) electrons. The number of halogens is 2. The van der Waals surface area contributed by atoms with Crippen molar-refractivity contribution in [2.75, 3.05) is 6.61 Å². The van der Waals surface area contributed by atoms with E-state index in [0.717, 1.165) is 15.4 Å². The summed E-state index contributed by atoms with van der Waals surface area (Å²) in [6.07, 6.45) is 1.84. The maximum atomic E-state index is 13.1. The highest BCUT2D eigenvalue weighted by atomic mass is 79.9. The lowest BCUT2D eigenvalue weighted by molar-refractivity contribution is 0.278. The van der Waals surface area contributed by atoms with E-state index in [4.69, 9.17) is 5.11 Å². The van der Waals surface area contributed by atoms with Crippen molar-refractivity contribution in [2.45, 2.75) is 6.54 Å². The lowest BCUT2D eigenvalue weighted by Crippen LogP contribution is -1.99. The number of nitrogens with zero attached hydrogens (tertiary/aromatic N) is 1. The summed E-state index contributed by atoms with van der Waals surface area (Å²) < 4.78 is 15.7. The maximum absolute atomic E-state index is 13.1. The van der Waals surface area contributed by atoms with Crippen molar-refractivity contribution >= 4 is 26.8 Å². The molecule has 0 unspecified atom stereocenters. The fraction of sp³-hybridized carbons (Fsp3) is 0.200. The molecule has 4 heteroatoms. The molecule has 0 aliphatic heterocycles. The van der Waals surface area contributed by atoms with Crippen molar-refractivity contribution in [1.29, 1.82) is 0 Å². The zero-order valence-corrected chi connectivity index (χ0v) is 8.96. The van der Waals surface area contributed by atoms with Crippen molar-refractivity contribution in [3.63, 3.8) is 0 Å². The Morgan fingerprint density at radius 1 is 1.43 bits per heavy atom. The summed E-state index contributed by atoms with van der Waals surface area (Å²) >= 11 is 3.30. The molecular weight excluding hydrogens is 249 g/mol. The van der Waals surface area contributed by atoms with Crippen molar-refractivity contribution in [2.24, 2.45) is 0 Å². The van der Waals surface area contributed by atoms with Gasteiger partial charge in [-0.05, 0) is 34.1 Å². The predicted molar refractivity (Wildman–Crippen MR) is 56.7 cm³/mol. The molecule has 14 heavy (non-hydrogen) atoms. The Bertz CT molecular complexity index is 466. The Morgan fingerprint density at radius 2 is 2.21 bits per heavy atom. The third-order valence-corrected chi connectivity index (χ3v) is 2.80. The fourth-order valence-corrected chi connectivity index (χ4v) is 2.08. The van der Waals surface area contributed by atoms with Gasteiger partial charge in [0.05, 0.1) is 12.1 Å². The molecule has 0 atom stereocenters. The van der Waals surface area contributed by atoms with E-state index < -0.39 is 0 Å². The van der Waals surface area contributed by atoms with Crippen LogP contribution in [-0.4, -0.2) is 16.3 Å². The minimum Gasteiger partial charge on any atom is -0.395 e. The lowest BCUT2D eigenvalue weighted by Gasteiger charge is -2.03. The molecule has 0 amide bonds. The average molecular weight is 258 g/mol. The largest absolute Gasteiger partial charge is 0.395 e. The van der Waals surface area contributed by atoms with Gasteiger partial charge in [-0.15, -0.1) is 0 Å². The Morgan fingerprint density at radius 3 is 2.93 bits per heavy atom. The number of aromatic nitrogens is 1. The molecule has 0 fully saturated rings. The van der Waals surface area contributed by atoms with Crippen LogP contribution in [0.5, 0.6) is 0 Å². The summed E-state index contributed by atoms with van der Waals surface area (Å²) in [6.45, 7) is 0.539. The standard InChI is InChI=1S/C10H9BrFNO/c11-9-5-7(12)6-10-8(9)1-2-13(10)3-4-14/h1-2,5-6,14H,3-4H2. The minimum absolute atomic E-state index is 0.0535. The highest BCUT2D eigenvalue weighted by molar-refractivity contribution is 9.10. The summed E-state index contributed by atoms with van der Waals surface area (Å²) in [5.74, 6) is -0.276. The number of aliphatic hydroxyl groups is 1. The van der Waals surface area contributed by atoms with Crippen LogP contribution >= 0.6 is 15.9 Å². The summed E-state index contributed by atoms with van der Waals surface area (Å²) in [7, 11) is 0. The predicted octanol–water partition coefficient (Wildman–Crippen LogP) is 2.54. The van der Waals surface area contributed by atoms with Gasteiger partial charge in [0.2, 0.25) is 0 Å². The Labute approximate surface area is 89.1 Å². The van der Waals surface area contributed by atoms with Gasteiger partial charge >= 0.3 is 0 Å². The van der Waals surface area contributed by atoms with E-state index in [0.29, 0.717) is 6.54 Å². The van der Waals surface area contributed by atoms with Gasteiger partial charge in [-0.1, -0.05) is 0 Å². The molecule has 2 nitrogen and oxygen atoms in total. The minimum atomic E-state index is -0.276. The van der Waals surface area contributed by atoms with Gasteiger partial charge in [0.15, 0.2) is 0 Å². The Kier molecular flexibility index (Phi) is 2.56. The van der Waals surface area contributed by atoms with Crippen LogP contribution in [0.2, 0.25) is 0 Å². The number of hydrogen-bond donors (Lipinski definition) is 1. The molecule has 74 valence electrons. The van der Waals surface area contributed by atoms with E-state index in [2.05, 4.69) is 15.9 Å². The normalized spacial score (nSPS) is 11.1. The summed E-state index contributed by atoms with van der Waals surface area (Å²) in [6, 6.07) is 4.80. The van der Waals surface area contributed by atoms with Crippen LogP contribution in [0, 0.1) is 5.82 Å². The molecule has 0 bridgehead atoms. The first kappa shape index (κ1) is 9.68. The molecule has 2 aromatic rings. The van der Waals surface area contributed by atoms with Crippen molar-refractivity contribution in [1.82, 2.24) is 4.57 Å². The highest BCUT2D eigenvalue weighted by Gasteiger charge is 2.05. The molecule has 1 N–H and O–H groups in total. The maximum Gasteiger partial charge on any atom is 0.126 e. The fourth-order valence-electron chi connectivity index (χ4n) is 1.52. The third kappa shape index (κ3) is 1.55. The third-order valence-electron chi connectivity index (χ3n) is 2.14. The van der Waals surface area contributed by atoms with E-state index in [1.165, 1.54) is 12.1 Å². The molecule has 1 aromatic carbocycles. The molecule has 0 saturated carbocycles. The monoisotopic (exact) mass is 257 g/mol. The molecule has 0 aliphatic rings. The first-order chi connectivity index (χ1) is 6.72.